The molecule has 2 aromatic carbocycles. The molecule has 0 spiro atoms. The summed E-state index contributed by atoms with van der Waals surface area (Å²) in [5.74, 6) is 0.695. The van der Waals surface area contributed by atoms with Crippen molar-refractivity contribution in [2.24, 2.45) is 0 Å². The Morgan fingerprint density at radius 2 is 1.80 bits per heavy atom. The third-order valence-corrected chi connectivity index (χ3v) is 3.94. The van der Waals surface area contributed by atoms with E-state index in [1.165, 1.54) is 5.56 Å². The third kappa shape index (κ3) is 2.16. The molecule has 100 valence electrons. The first kappa shape index (κ1) is 13.1. The van der Waals surface area contributed by atoms with Crippen LogP contribution in [0.4, 0.5) is 0 Å². The van der Waals surface area contributed by atoms with Crippen LogP contribution in [0.25, 0.3) is 16.6 Å². The summed E-state index contributed by atoms with van der Waals surface area (Å²) in [7, 11) is 0. The van der Waals surface area contributed by atoms with Crippen molar-refractivity contribution < 1.29 is 0 Å². The molecule has 0 amide bonds. The number of benzene rings is 2. The van der Waals surface area contributed by atoms with E-state index in [1.54, 1.807) is 4.57 Å². The molecule has 1 heterocycles. The van der Waals surface area contributed by atoms with Crippen molar-refractivity contribution >= 4 is 26.8 Å². The lowest BCUT2D eigenvalue weighted by atomic mass is 10.2. The standard InChI is InChI=1S/C16H13BrN2O/c1-11-18-15-5-3-2-4-14(15)16(20)19(11)13-8-6-12(10-17)7-9-13/h2-9H,10H2,1H3. The van der Waals surface area contributed by atoms with Crippen LogP contribution in [0.2, 0.25) is 0 Å². The Kier molecular flexibility index (Phi) is 3.40. The van der Waals surface area contributed by atoms with Crippen molar-refractivity contribution in [3.8, 4) is 5.69 Å². The maximum atomic E-state index is 12.6. The van der Waals surface area contributed by atoms with Crippen LogP contribution in [0.1, 0.15) is 11.4 Å². The quantitative estimate of drug-likeness (QED) is 0.674. The number of aromatic nitrogens is 2. The van der Waals surface area contributed by atoms with Gasteiger partial charge >= 0.3 is 0 Å². The summed E-state index contributed by atoms with van der Waals surface area (Å²) in [6.45, 7) is 1.85. The molecule has 0 atom stereocenters. The van der Waals surface area contributed by atoms with E-state index in [4.69, 9.17) is 0 Å². The molecule has 0 saturated carbocycles. The van der Waals surface area contributed by atoms with Gasteiger partial charge in [0.05, 0.1) is 16.6 Å². The van der Waals surface area contributed by atoms with E-state index in [9.17, 15) is 4.79 Å². The minimum Gasteiger partial charge on any atom is -0.268 e. The number of halogens is 1. The smallest absolute Gasteiger partial charge is 0.265 e. The van der Waals surface area contributed by atoms with Crippen LogP contribution in [-0.4, -0.2) is 9.55 Å². The van der Waals surface area contributed by atoms with E-state index < -0.39 is 0 Å². The summed E-state index contributed by atoms with van der Waals surface area (Å²) in [5.41, 5.74) is 2.73. The number of para-hydroxylation sites is 1. The van der Waals surface area contributed by atoms with E-state index >= 15 is 0 Å². The normalized spacial score (nSPS) is 10.9. The molecule has 4 heteroatoms. The van der Waals surface area contributed by atoms with Crippen LogP contribution in [0.15, 0.2) is 53.3 Å². The predicted octanol–water partition coefficient (Wildman–Crippen LogP) is 3.59. The van der Waals surface area contributed by atoms with E-state index in [1.807, 2.05) is 55.5 Å². The number of aryl methyl sites for hydroxylation is 1. The molecule has 3 rings (SSSR count). The van der Waals surface area contributed by atoms with Gasteiger partial charge in [0, 0.05) is 5.33 Å². The lowest BCUT2D eigenvalue weighted by molar-refractivity contribution is 0.894. The van der Waals surface area contributed by atoms with Crippen LogP contribution in [0, 0.1) is 6.92 Å². The van der Waals surface area contributed by atoms with Crippen molar-refractivity contribution in [1.82, 2.24) is 9.55 Å². The number of hydrogen-bond acceptors (Lipinski definition) is 2. The fraction of sp³-hybridized carbons (Fsp3) is 0.125. The maximum Gasteiger partial charge on any atom is 0.265 e. The second-order valence-corrected chi connectivity index (χ2v) is 5.18. The Labute approximate surface area is 125 Å². The molecule has 0 unspecified atom stereocenters. The molecule has 0 aliphatic rings. The molecule has 0 bridgehead atoms. The van der Waals surface area contributed by atoms with E-state index in [-0.39, 0.29) is 5.56 Å². The zero-order valence-electron chi connectivity index (χ0n) is 11.0. The number of fused-ring (bicyclic) bond motifs is 1. The highest BCUT2D eigenvalue weighted by Gasteiger charge is 2.09. The third-order valence-electron chi connectivity index (χ3n) is 3.29. The number of alkyl halides is 1. The molecule has 0 N–H and O–H groups in total. The molecular formula is C16H13BrN2O. The highest BCUT2D eigenvalue weighted by molar-refractivity contribution is 9.08. The Bertz CT molecular complexity index is 822. The lowest BCUT2D eigenvalue weighted by Gasteiger charge is -2.11. The van der Waals surface area contributed by atoms with Gasteiger partial charge < -0.3 is 0 Å². The van der Waals surface area contributed by atoms with Gasteiger partial charge in [-0.25, -0.2) is 4.98 Å². The monoisotopic (exact) mass is 328 g/mol. The van der Waals surface area contributed by atoms with Gasteiger partial charge in [0.2, 0.25) is 0 Å². The van der Waals surface area contributed by atoms with Crippen LogP contribution in [-0.2, 0) is 5.33 Å². The first-order chi connectivity index (χ1) is 9.70. The van der Waals surface area contributed by atoms with Gasteiger partial charge in [-0.15, -0.1) is 0 Å². The van der Waals surface area contributed by atoms with Crippen LogP contribution in [0.5, 0.6) is 0 Å². The topological polar surface area (TPSA) is 34.9 Å². The average Bonchev–Trinajstić information content (AvgIpc) is 2.48. The van der Waals surface area contributed by atoms with E-state index in [0.29, 0.717) is 11.2 Å². The van der Waals surface area contributed by atoms with Crippen molar-refractivity contribution in [2.75, 3.05) is 0 Å². The van der Waals surface area contributed by atoms with Crippen molar-refractivity contribution in [1.29, 1.82) is 0 Å². The second-order valence-electron chi connectivity index (χ2n) is 4.62. The molecular weight excluding hydrogens is 316 g/mol. The van der Waals surface area contributed by atoms with Crippen molar-refractivity contribution in [2.45, 2.75) is 12.3 Å². The Balaban J connectivity index is 2.27. The SMILES string of the molecule is Cc1nc2ccccc2c(=O)n1-c1ccc(CBr)cc1. The second kappa shape index (κ2) is 5.21. The van der Waals surface area contributed by atoms with Crippen LogP contribution < -0.4 is 5.56 Å². The summed E-state index contributed by atoms with van der Waals surface area (Å²) >= 11 is 3.42. The zero-order valence-corrected chi connectivity index (χ0v) is 12.6. The lowest BCUT2D eigenvalue weighted by Crippen LogP contribution is -2.22. The van der Waals surface area contributed by atoms with Gasteiger partial charge in [-0.05, 0) is 36.8 Å². The van der Waals surface area contributed by atoms with Crippen molar-refractivity contribution in [3.05, 3.63) is 70.3 Å². The number of nitrogens with zero attached hydrogens (tertiary/aromatic N) is 2. The van der Waals surface area contributed by atoms with E-state index in [2.05, 4.69) is 20.9 Å². The van der Waals surface area contributed by atoms with Gasteiger partial charge in [0.1, 0.15) is 5.82 Å². The predicted molar refractivity (Wildman–Crippen MR) is 84.7 cm³/mol. The number of hydrogen-bond donors (Lipinski definition) is 0. The van der Waals surface area contributed by atoms with Gasteiger partial charge in [-0.2, -0.15) is 0 Å². The Morgan fingerprint density at radius 1 is 1.10 bits per heavy atom. The summed E-state index contributed by atoms with van der Waals surface area (Å²) in [5, 5.41) is 1.44. The Morgan fingerprint density at radius 3 is 2.50 bits per heavy atom. The molecule has 20 heavy (non-hydrogen) atoms. The maximum absolute atomic E-state index is 12.6. The number of rotatable bonds is 2. The Hall–Kier alpha value is -1.94. The largest absolute Gasteiger partial charge is 0.268 e. The molecule has 0 saturated heterocycles. The molecule has 1 aromatic heterocycles. The van der Waals surface area contributed by atoms with Crippen LogP contribution >= 0.6 is 15.9 Å². The van der Waals surface area contributed by atoms with Crippen molar-refractivity contribution in [3.63, 3.8) is 0 Å². The molecule has 0 aliphatic heterocycles. The minimum absolute atomic E-state index is 0.0281. The van der Waals surface area contributed by atoms with Gasteiger partial charge in [0.25, 0.3) is 5.56 Å². The molecule has 0 aliphatic carbocycles. The molecule has 0 radical (unpaired) electrons. The summed E-state index contributed by atoms with van der Waals surface area (Å²) < 4.78 is 1.65. The fourth-order valence-electron chi connectivity index (χ4n) is 2.28. The highest BCUT2D eigenvalue weighted by atomic mass is 79.9. The summed E-state index contributed by atoms with van der Waals surface area (Å²) in [6.07, 6.45) is 0. The van der Waals surface area contributed by atoms with E-state index in [0.717, 1.165) is 16.5 Å². The average molecular weight is 329 g/mol. The first-order valence-electron chi connectivity index (χ1n) is 6.34. The first-order valence-corrected chi connectivity index (χ1v) is 7.46. The molecule has 3 aromatic rings. The summed E-state index contributed by atoms with van der Waals surface area (Å²) in [4.78, 5) is 17.1. The highest BCUT2D eigenvalue weighted by Crippen LogP contribution is 2.14. The fourth-order valence-corrected chi connectivity index (χ4v) is 2.66. The van der Waals surface area contributed by atoms with Crippen LogP contribution in [0.3, 0.4) is 0 Å². The zero-order chi connectivity index (χ0) is 14.1. The molecule has 0 fully saturated rings. The molecule has 3 nitrogen and oxygen atoms in total. The van der Waals surface area contributed by atoms with Gasteiger partial charge in [-0.3, -0.25) is 9.36 Å². The van der Waals surface area contributed by atoms with Gasteiger partial charge in [-0.1, -0.05) is 40.2 Å². The minimum atomic E-state index is -0.0281. The summed E-state index contributed by atoms with van der Waals surface area (Å²) in [6, 6.07) is 15.3. The van der Waals surface area contributed by atoms with Gasteiger partial charge in [0.15, 0.2) is 0 Å².